The molecule has 1 saturated heterocycles. The van der Waals surface area contributed by atoms with Crippen molar-refractivity contribution in [1.29, 1.82) is 5.26 Å². The van der Waals surface area contributed by atoms with E-state index < -0.39 is 6.10 Å². The molecule has 18 heavy (non-hydrogen) atoms. The standard InChI is InChI=1S/C13H15N3O2/c1-9-10(7-14)4-5-12(15-9)13(18)16-6-2-3-11(17)8-16/h4-5,11,17H,2-3,6,8H2,1H3/t11-/m0/s1. The molecule has 1 aromatic heterocycles. The number of rotatable bonds is 1. The summed E-state index contributed by atoms with van der Waals surface area (Å²) in [5.74, 6) is -0.179. The molecule has 1 atom stereocenters. The maximum absolute atomic E-state index is 12.2. The Hall–Kier alpha value is -1.93. The summed E-state index contributed by atoms with van der Waals surface area (Å²) in [7, 11) is 0. The van der Waals surface area contributed by atoms with Gasteiger partial charge in [0.1, 0.15) is 11.8 Å². The Morgan fingerprint density at radius 3 is 3.00 bits per heavy atom. The summed E-state index contributed by atoms with van der Waals surface area (Å²) in [5.41, 5.74) is 1.37. The molecule has 0 aromatic carbocycles. The first-order valence-electron chi connectivity index (χ1n) is 5.97. The Bertz CT molecular complexity index is 507. The maximum atomic E-state index is 12.2. The highest BCUT2D eigenvalue weighted by Gasteiger charge is 2.24. The number of likely N-dealkylation sites (tertiary alicyclic amines) is 1. The average Bonchev–Trinajstić information content (AvgIpc) is 2.37. The van der Waals surface area contributed by atoms with E-state index in [4.69, 9.17) is 5.26 Å². The zero-order valence-electron chi connectivity index (χ0n) is 10.3. The third kappa shape index (κ3) is 2.49. The summed E-state index contributed by atoms with van der Waals surface area (Å²) < 4.78 is 0. The van der Waals surface area contributed by atoms with Gasteiger partial charge in [-0.15, -0.1) is 0 Å². The summed E-state index contributed by atoms with van der Waals surface area (Å²) in [4.78, 5) is 17.9. The minimum Gasteiger partial charge on any atom is -0.391 e. The normalized spacial score (nSPS) is 19.4. The minimum absolute atomic E-state index is 0.179. The molecule has 1 amide bonds. The molecule has 2 rings (SSSR count). The van der Waals surface area contributed by atoms with Gasteiger partial charge in [-0.3, -0.25) is 4.79 Å². The molecule has 2 heterocycles. The molecule has 5 heteroatoms. The number of nitrogens with zero attached hydrogens (tertiary/aromatic N) is 3. The lowest BCUT2D eigenvalue weighted by molar-refractivity contribution is 0.0469. The molecule has 5 nitrogen and oxygen atoms in total. The van der Waals surface area contributed by atoms with Crippen LogP contribution < -0.4 is 0 Å². The lowest BCUT2D eigenvalue weighted by Crippen LogP contribution is -2.42. The first-order valence-corrected chi connectivity index (χ1v) is 5.97. The second kappa shape index (κ2) is 5.15. The van der Waals surface area contributed by atoms with E-state index in [-0.39, 0.29) is 5.91 Å². The second-order valence-electron chi connectivity index (χ2n) is 4.49. The zero-order chi connectivity index (χ0) is 13.1. The van der Waals surface area contributed by atoms with Crippen molar-refractivity contribution in [2.45, 2.75) is 25.9 Å². The first kappa shape index (κ1) is 12.5. The van der Waals surface area contributed by atoms with Gasteiger partial charge in [-0.05, 0) is 31.9 Å². The minimum atomic E-state index is -0.442. The Labute approximate surface area is 106 Å². The van der Waals surface area contributed by atoms with Crippen molar-refractivity contribution in [3.8, 4) is 6.07 Å². The molecule has 0 saturated carbocycles. The molecular weight excluding hydrogens is 230 g/mol. The smallest absolute Gasteiger partial charge is 0.272 e. The van der Waals surface area contributed by atoms with Crippen LogP contribution in [0.2, 0.25) is 0 Å². The van der Waals surface area contributed by atoms with Gasteiger partial charge in [0.15, 0.2) is 0 Å². The van der Waals surface area contributed by atoms with Gasteiger partial charge in [0, 0.05) is 13.1 Å². The van der Waals surface area contributed by atoms with Gasteiger partial charge < -0.3 is 10.0 Å². The first-order chi connectivity index (χ1) is 8.61. The predicted molar refractivity (Wildman–Crippen MR) is 64.8 cm³/mol. The molecule has 0 radical (unpaired) electrons. The molecule has 1 aromatic rings. The summed E-state index contributed by atoms with van der Waals surface area (Å²) in [6.45, 7) is 2.72. The van der Waals surface area contributed by atoms with Crippen LogP contribution in [0, 0.1) is 18.3 Å². The lowest BCUT2D eigenvalue weighted by Gasteiger charge is -2.29. The second-order valence-corrected chi connectivity index (χ2v) is 4.49. The number of pyridine rings is 1. The number of piperidine rings is 1. The third-order valence-electron chi connectivity index (χ3n) is 3.11. The molecule has 1 aliphatic rings. The van der Waals surface area contributed by atoms with E-state index in [9.17, 15) is 9.90 Å². The molecule has 1 N–H and O–H groups in total. The molecular formula is C13H15N3O2. The van der Waals surface area contributed by atoms with Crippen LogP contribution in [0.3, 0.4) is 0 Å². The Kier molecular flexibility index (Phi) is 3.58. The van der Waals surface area contributed by atoms with E-state index in [1.54, 1.807) is 24.0 Å². The Morgan fingerprint density at radius 1 is 1.61 bits per heavy atom. The summed E-state index contributed by atoms with van der Waals surface area (Å²) in [6, 6.07) is 5.19. The number of amides is 1. The fourth-order valence-electron chi connectivity index (χ4n) is 2.10. The van der Waals surface area contributed by atoms with Crippen LogP contribution >= 0.6 is 0 Å². The van der Waals surface area contributed by atoms with E-state index in [1.165, 1.54) is 0 Å². The van der Waals surface area contributed by atoms with E-state index in [2.05, 4.69) is 4.98 Å². The third-order valence-corrected chi connectivity index (χ3v) is 3.11. The molecule has 0 spiro atoms. The lowest BCUT2D eigenvalue weighted by atomic mass is 10.1. The molecule has 0 aliphatic carbocycles. The zero-order valence-corrected chi connectivity index (χ0v) is 10.3. The predicted octanol–water partition coefficient (Wildman–Crippen LogP) is 0.859. The largest absolute Gasteiger partial charge is 0.391 e. The molecule has 94 valence electrons. The van der Waals surface area contributed by atoms with Gasteiger partial charge in [0.25, 0.3) is 5.91 Å². The van der Waals surface area contributed by atoms with Crippen LogP contribution in [0.5, 0.6) is 0 Å². The summed E-state index contributed by atoms with van der Waals surface area (Å²) in [6.07, 6.45) is 1.10. The van der Waals surface area contributed by atoms with Gasteiger partial charge in [-0.1, -0.05) is 0 Å². The highest BCUT2D eigenvalue weighted by atomic mass is 16.3. The van der Waals surface area contributed by atoms with Crippen molar-refractivity contribution >= 4 is 5.91 Å². The van der Waals surface area contributed by atoms with Crippen LogP contribution in [0.4, 0.5) is 0 Å². The van der Waals surface area contributed by atoms with Crippen LogP contribution in [-0.2, 0) is 0 Å². The Balaban J connectivity index is 2.18. The fraction of sp³-hybridized carbons (Fsp3) is 0.462. The molecule has 1 fully saturated rings. The average molecular weight is 245 g/mol. The highest BCUT2D eigenvalue weighted by molar-refractivity contribution is 5.92. The van der Waals surface area contributed by atoms with Crippen molar-refractivity contribution < 1.29 is 9.90 Å². The summed E-state index contributed by atoms with van der Waals surface area (Å²) >= 11 is 0. The number of β-amino-alcohol motifs (C(OH)–C–C–N with tert-alkyl or cyclic N) is 1. The highest BCUT2D eigenvalue weighted by Crippen LogP contribution is 2.14. The summed E-state index contributed by atoms with van der Waals surface area (Å²) in [5, 5.41) is 18.4. The van der Waals surface area contributed by atoms with E-state index in [1.807, 2.05) is 6.07 Å². The number of hydrogen-bond acceptors (Lipinski definition) is 4. The van der Waals surface area contributed by atoms with Gasteiger partial charge in [-0.2, -0.15) is 5.26 Å². The SMILES string of the molecule is Cc1nc(C(=O)N2CCC[C@H](O)C2)ccc1C#N. The topological polar surface area (TPSA) is 77.2 Å². The van der Waals surface area contributed by atoms with Crippen LogP contribution in [0.25, 0.3) is 0 Å². The van der Waals surface area contributed by atoms with E-state index in [0.29, 0.717) is 30.0 Å². The maximum Gasteiger partial charge on any atom is 0.272 e. The van der Waals surface area contributed by atoms with Crippen molar-refractivity contribution in [1.82, 2.24) is 9.88 Å². The van der Waals surface area contributed by atoms with Crippen LogP contribution in [-0.4, -0.2) is 40.1 Å². The Morgan fingerprint density at radius 2 is 2.39 bits per heavy atom. The van der Waals surface area contributed by atoms with Crippen molar-refractivity contribution in [2.24, 2.45) is 0 Å². The van der Waals surface area contributed by atoms with Crippen LogP contribution in [0.15, 0.2) is 12.1 Å². The number of aromatic nitrogens is 1. The number of carbonyl (C=O) groups excluding carboxylic acids is 1. The molecule has 0 unspecified atom stereocenters. The number of nitriles is 1. The molecule has 1 aliphatic heterocycles. The van der Waals surface area contributed by atoms with Crippen molar-refractivity contribution in [3.63, 3.8) is 0 Å². The van der Waals surface area contributed by atoms with Crippen LogP contribution in [0.1, 0.15) is 34.6 Å². The van der Waals surface area contributed by atoms with Gasteiger partial charge in [0.2, 0.25) is 0 Å². The fourth-order valence-corrected chi connectivity index (χ4v) is 2.10. The number of hydrogen-bond donors (Lipinski definition) is 1. The van der Waals surface area contributed by atoms with Gasteiger partial charge in [0.05, 0.1) is 17.4 Å². The monoisotopic (exact) mass is 245 g/mol. The number of aryl methyl sites for hydroxylation is 1. The quantitative estimate of drug-likeness (QED) is 0.796. The number of aliphatic hydroxyl groups excluding tert-OH is 1. The molecule has 0 bridgehead atoms. The van der Waals surface area contributed by atoms with Crippen molar-refractivity contribution in [2.75, 3.05) is 13.1 Å². The van der Waals surface area contributed by atoms with E-state index >= 15 is 0 Å². The van der Waals surface area contributed by atoms with Gasteiger partial charge in [-0.25, -0.2) is 4.98 Å². The number of carbonyl (C=O) groups is 1. The van der Waals surface area contributed by atoms with E-state index in [0.717, 1.165) is 12.8 Å². The van der Waals surface area contributed by atoms with Gasteiger partial charge >= 0.3 is 0 Å². The number of aliphatic hydroxyl groups is 1. The van der Waals surface area contributed by atoms with Crippen molar-refractivity contribution in [3.05, 3.63) is 29.1 Å².